The molecule has 1 aromatic rings. The molecule has 0 aliphatic carbocycles. The Kier molecular flexibility index (Phi) is 7.99. The van der Waals surface area contributed by atoms with Crippen LogP contribution in [0, 0.1) is 5.92 Å². The van der Waals surface area contributed by atoms with E-state index < -0.39 is 6.10 Å². The quantitative estimate of drug-likeness (QED) is 0.525. The molecule has 0 saturated heterocycles. The molecule has 0 radical (unpaired) electrons. The van der Waals surface area contributed by atoms with E-state index in [0.29, 0.717) is 0 Å². The van der Waals surface area contributed by atoms with Crippen LogP contribution in [-0.2, 0) is 4.74 Å². The number of hydrogen-bond donors (Lipinski definition) is 1. The summed E-state index contributed by atoms with van der Waals surface area (Å²) in [5, 5.41) is 10.5. The average Bonchev–Trinajstić information content (AvgIpc) is 2.47. The lowest BCUT2D eigenvalue weighted by molar-refractivity contribution is 0.123. The van der Waals surface area contributed by atoms with Crippen molar-refractivity contribution in [2.24, 2.45) is 5.92 Å². The average molecular weight is 262 g/mol. The van der Waals surface area contributed by atoms with Crippen LogP contribution in [0.3, 0.4) is 0 Å². The first-order chi connectivity index (χ1) is 9.29. The van der Waals surface area contributed by atoms with Crippen molar-refractivity contribution in [3.63, 3.8) is 0 Å². The molecule has 1 aromatic carbocycles. The maximum Gasteiger partial charge on any atom is 0.0853 e. The second-order valence-corrected chi connectivity index (χ2v) is 4.93. The minimum atomic E-state index is -0.450. The Morgan fingerprint density at radius 1 is 1.16 bits per heavy atom. The predicted octanol–water partition coefficient (Wildman–Crippen LogP) is 4.47. The molecule has 2 nitrogen and oxygen atoms in total. The fraction of sp³-hybridized carbons (Fsp3) is 0.529. The maximum atomic E-state index is 10.5. The Balaban J connectivity index is 2.59. The van der Waals surface area contributed by atoms with Crippen LogP contribution in [0.25, 0.3) is 0 Å². The summed E-state index contributed by atoms with van der Waals surface area (Å²) >= 11 is 0. The van der Waals surface area contributed by atoms with Crippen LogP contribution in [0.4, 0.5) is 0 Å². The Hall–Kier alpha value is -1.28. The SMILES string of the molecule is CCCCCC[C@H](/C=C\OC)[C@@H](O)c1ccccc1. The predicted molar refractivity (Wildman–Crippen MR) is 79.8 cm³/mol. The molecule has 0 aliphatic rings. The van der Waals surface area contributed by atoms with Gasteiger partial charge in [-0.25, -0.2) is 0 Å². The number of aliphatic hydroxyl groups excluding tert-OH is 1. The molecule has 0 unspecified atom stereocenters. The number of hydrogen-bond acceptors (Lipinski definition) is 2. The van der Waals surface area contributed by atoms with Gasteiger partial charge in [0.2, 0.25) is 0 Å². The second-order valence-electron chi connectivity index (χ2n) is 4.93. The van der Waals surface area contributed by atoms with Crippen molar-refractivity contribution >= 4 is 0 Å². The van der Waals surface area contributed by atoms with Crippen LogP contribution in [0.5, 0.6) is 0 Å². The molecule has 0 fully saturated rings. The topological polar surface area (TPSA) is 29.5 Å². The van der Waals surface area contributed by atoms with E-state index in [4.69, 9.17) is 4.74 Å². The minimum Gasteiger partial charge on any atom is -0.505 e. The second kappa shape index (κ2) is 9.62. The van der Waals surface area contributed by atoms with Gasteiger partial charge in [0.05, 0.1) is 19.5 Å². The minimum absolute atomic E-state index is 0.124. The number of ether oxygens (including phenoxy) is 1. The lowest BCUT2D eigenvalue weighted by atomic mass is 9.91. The summed E-state index contributed by atoms with van der Waals surface area (Å²) in [6.45, 7) is 2.21. The first-order valence-corrected chi connectivity index (χ1v) is 7.22. The van der Waals surface area contributed by atoms with Crippen molar-refractivity contribution in [2.75, 3.05) is 7.11 Å². The van der Waals surface area contributed by atoms with Crippen LogP contribution in [0.1, 0.15) is 50.7 Å². The zero-order chi connectivity index (χ0) is 13.9. The van der Waals surface area contributed by atoms with Gasteiger partial charge in [0.15, 0.2) is 0 Å². The number of methoxy groups -OCH3 is 1. The molecule has 0 saturated carbocycles. The Bertz CT molecular complexity index is 346. The third-order valence-electron chi connectivity index (χ3n) is 3.40. The lowest BCUT2D eigenvalue weighted by Gasteiger charge is -2.20. The summed E-state index contributed by atoms with van der Waals surface area (Å²) < 4.78 is 4.99. The van der Waals surface area contributed by atoms with Crippen molar-refractivity contribution in [3.8, 4) is 0 Å². The van der Waals surface area contributed by atoms with Crippen LogP contribution in [-0.4, -0.2) is 12.2 Å². The number of rotatable bonds is 9. The fourth-order valence-electron chi connectivity index (χ4n) is 2.24. The first-order valence-electron chi connectivity index (χ1n) is 7.22. The highest BCUT2D eigenvalue weighted by molar-refractivity contribution is 5.19. The summed E-state index contributed by atoms with van der Waals surface area (Å²) in [4.78, 5) is 0. The van der Waals surface area contributed by atoms with Gasteiger partial charge in [-0.1, -0.05) is 62.9 Å². The highest BCUT2D eigenvalue weighted by Gasteiger charge is 2.17. The molecule has 0 bridgehead atoms. The van der Waals surface area contributed by atoms with Crippen LogP contribution >= 0.6 is 0 Å². The van der Waals surface area contributed by atoms with Crippen molar-refractivity contribution in [1.82, 2.24) is 0 Å². The van der Waals surface area contributed by atoms with E-state index >= 15 is 0 Å². The highest BCUT2D eigenvalue weighted by Crippen LogP contribution is 2.27. The number of benzene rings is 1. The van der Waals surface area contributed by atoms with Gasteiger partial charge >= 0.3 is 0 Å². The smallest absolute Gasteiger partial charge is 0.0853 e. The Morgan fingerprint density at radius 3 is 2.53 bits per heavy atom. The summed E-state index contributed by atoms with van der Waals surface area (Å²) in [5.74, 6) is 0.124. The lowest BCUT2D eigenvalue weighted by Crippen LogP contribution is -2.10. The van der Waals surface area contributed by atoms with Gasteiger partial charge in [0.25, 0.3) is 0 Å². The third-order valence-corrected chi connectivity index (χ3v) is 3.40. The molecule has 2 heteroatoms. The molecule has 0 aromatic heterocycles. The Morgan fingerprint density at radius 2 is 1.89 bits per heavy atom. The third kappa shape index (κ3) is 5.93. The molecular formula is C17H26O2. The Labute approximate surface area is 117 Å². The fourth-order valence-corrected chi connectivity index (χ4v) is 2.24. The van der Waals surface area contributed by atoms with Gasteiger partial charge < -0.3 is 9.84 Å². The summed E-state index contributed by atoms with van der Waals surface area (Å²) in [5.41, 5.74) is 0.976. The van der Waals surface area contributed by atoms with E-state index in [1.54, 1.807) is 13.4 Å². The summed E-state index contributed by atoms with van der Waals surface area (Å²) in [6, 6.07) is 9.85. The van der Waals surface area contributed by atoms with Crippen LogP contribution in [0.2, 0.25) is 0 Å². The maximum absolute atomic E-state index is 10.5. The molecule has 1 N–H and O–H groups in total. The molecular weight excluding hydrogens is 236 g/mol. The molecule has 19 heavy (non-hydrogen) atoms. The molecule has 2 atom stereocenters. The van der Waals surface area contributed by atoms with Crippen LogP contribution < -0.4 is 0 Å². The largest absolute Gasteiger partial charge is 0.505 e. The molecule has 106 valence electrons. The number of aliphatic hydroxyl groups is 1. The molecule has 1 rings (SSSR count). The first kappa shape index (κ1) is 15.8. The van der Waals surface area contributed by atoms with Crippen molar-refractivity contribution in [3.05, 3.63) is 48.2 Å². The van der Waals surface area contributed by atoms with Gasteiger partial charge in [-0.15, -0.1) is 0 Å². The van der Waals surface area contributed by atoms with E-state index in [-0.39, 0.29) is 5.92 Å². The highest BCUT2D eigenvalue weighted by atomic mass is 16.5. The summed E-state index contributed by atoms with van der Waals surface area (Å²) in [6.07, 6.45) is 9.08. The van der Waals surface area contributed by atoms with Crippen molar-refractivity contribution in [1.29, 1.82) is 0 Å². The van der Waals surface area contributed by atoms with E-state index in [0.717, 1.165) is 18.4 Å². The van der Waals surface area contributed by atoms with Gasteiger partial charge in [-0.2, -0.15) is 0 Å². The van der Waals surface area contributed by atoms with E-state index in [1.165, 1.54) is 19.3 Å². The number of unbranched alkanes of at least 4 members (excludes halogenated alkanes) is 3. The van der Waals surface area contributed by atoms with Crippen molar-refractivity contribution in [2.45, 2.75) is 45.1 Å². The normalized spacial score (nSPS) is 14.5. The zero-order valence-corrected chi connectivity index (χ0v) is 12.1. The van der Waals surface area contributed by atoms with Gasteiger partial charge in [-0.3, -0.25) is 0 Å². The van der Waals surface area contributed by atoms with Gasteiger partial charge in [0.1, 0.15) is 0 Å². The molecule has 0 heterocycles. The van der Waals surface area contributed by atoms with E-state index in [2.05, 4.69) is 6.92 Å². The molecule has 0 amide bonds. The van der Waals surface area contributed by atoms with Crippen molar-refractivity contribution < 1.29 is 9.84 Å². The summed E-state index contributed by atoms with van der Waals surface area (Å²) in [7, 11) is 1.64. The standard InChI is InChI=1S/C17H26O2/c1-3-4-5-7-12-16(13-14-19-2)17(18)15-10-8-6-9-11-15/h6,8-11,13-14,16-18H,3-5,7,12H2,1-2H3/b14-13-/t16-,17+/m1/s1. The molecule has 0 aliphatic heterocycles. The van der Waals surface area contributed by atoms with Gasteiger partial charge in [0, 0.05) is 5.92 Å². The monoisotopic (exact) mass is 262 g/mol. The van der Waals surface area contributed by atoms with E-state index in [1.807, 2.05) is 36.4 Å². The zero-order valence-electron chi connectivity index (χ0n) is 12.1. The van der Waals surface area contributed by atoms with E-state index in [9.17, 15) is 5.11 Å². The van der Waals surface area contributed by atoms with Gasteiger partial charge in [-0.05, 0) is 18.1 Å². The van der Waals surface area contributed by atoms with Crippen LogP contribution in [0.15, 0.2) is 42.7 Å². The molecule has 0 spiro atoms.